The number of halogens is 3. The molecule has 0 aliphatic carbocycles. The van der Waals surface area contributed by atoms with Gasteiger partial charge in [0.15, 0.2) is 6.10 Å². The number of nitrogen functional groups attached to an aromatic ring is 1. The van der Waals surface area contributed by atoms with Gasteiger partial charge in [-0.2, -0.15) is 13.2 Å². The van der Waals surface area contributed by atoms with Crippen LogP contribution in [0, 0.1) is 6.92 Å². The molecule has 184 valence electrons. The fourth-order valence-electron chi connectivity index (χ4n) is 3.46. The van der Waals surface area contributed by atoms with Crippen molar-refractivity contribution in [2.24, 2.45) is 0 Å². The third-order valence-corrected chi connectivity index (χ3v) is 5.17. The van der Waals surface area contributed by atoms with Gasteiger partial charge in [0.1, 0.15) is 5.82 Å². The second kappa shape index (κ2) is 10.1. The molecule has 3 rings (SSSR count). The number of nitrogens with zero attached hydrogens (tertiary/aromatic N) is 1. The average Bonchev–Trinajstić information content (AvgIpc) is 2.78. The maximum Gasteiger partial charge on any atom is 0.416 e. The number of rotatable bonds is 6. The van der Waals surface area contributed by atoms with E-state index in [1.807, 2.05) is 13.8 Å². The van der Waals surface area contributed by atoms with Gasteiger partial charge in [0, 0.05) is 23.5 Å². The van der Waals surface area contributed by atoms with Crippen LogP contribution in [0.4, 0.5) is 24.7 Å². The Morgan fingerprint density at radius 3 is 2.43 bits per heavy atom. The number of hydrogen-bond donors (Lipinski definition) is 4. The highest BCUT2D eigenvalue weighted by Gasteiger charge is 2.31. The molecule has 3 aromatic rings. The topological polar surface area (TPSA) is 117 Å². The Labute approximate surface area is 200 Å². The average molecular weight is 486 g/mol. The zero-order valence-electron chi connectivity index (χ0n) is 19.3. The molecule has 7 nitrogen and oxygen atoms in total. The molecule has 5 N–H and O–H groups in total. The Morgan fingerprint density at radius 1 is 1.09 bits per heavy atom. The first kappa shape index (κ1) is 25.7. The molecule has 0 saturated heterocycles. The van der Waals surface area contributed by atoms with Gasteiger partial charge in [0.2, 0.25) is 0 Å². The molecule has 0 aliphatic heterocycles. The van der Waals surface area contributed by atoms with E-state index < -0.39 is 23.8 Å². The minimum atomic E-state index is -4.59. The molecule has 1 aromatic heterocycles. The Morgan fingerprint density at radius 2 is 1.80 bits per heavy atom. The zero-order chi connectivity index (χ0) is 25.9. The molecule has 0 saturated carbocycles. The van der Waals surface area contributed by atoms with E-state index in [2.05, 4.69) is 15.6 Å². The van der Waals surface area contributed by atoms with E-state index in [4.69, 9.17) is 5.73 Å². The number of nitrogens with one attached hydrogen (secondary N) is 2. The van der Waals surface area contributed by atoms with Crippen molar-refractivity contribution in [2.45, 2.75) is 39.1 Å². The largest absolute Gasteiger partial charge is 0.416 e. The van der Waals surface area contributed by atoms with Crippen LogP contribution in [0.15, 0.2) is 54.7 Å². The molecule has 1 atom stereocenters. The van der Waals surface area contributed by atoms with Crippen molar-refractivity contribution in [3.05, 3.63) is 77.0 Å². The van der Waals surface area contributed by atoms with Crippen molar-refractivity contribution in [3.8, 4) is 11.1 Å². The van der Waals surface area contributed by atoms with E-state index in [0.717, 1.165) is 29.3 Å². The zero-order valence-corrected chi connectivity index (χ0v) is 19.3. The number of carbonyl (C=O) groups excluding carboxylic acids is 2. The van der Waals surface area contributed by atoms with Gasteiger partial charge in [-0.25, -0.2) is 4.98 Å². The first-order chi connectivity index (χ1) is 16.4. The number of hydrogen-bond acceptors (Lipinski definition) is 5. The molecular weight excluding hydrogens is 461 g/mol. The predicted molar refractivity (Wildman–Crippen MR) is 126 cm³/mol. The summed E-state index contributed by atoms with van der Waals surface area (Å²) in [7, 11) is 0. The number of aliphatic hydroxyl groups excluding tert-OH is 1. The molecule has 0 fully saturated rings. The predicted octanol–water partition coefficient (Wildman–Crippen LogP) is 4.47. The van der Waals surface area contributed by atoms with Crippen LogP contribution in [0.25, 0.3) is 11.1 Å². The van der Waals surface area contributed by atoms with Crippen LogP contribution in [0.3, 0.4) is 0 Å². The number of aliphatic hydroxyl groups is 1. The Kier molecular flexibility index (Phi) is 7.45. The summed E-state index contributed by atoms with van der Waals surface area (Å²) < 4.78 is 38.8. The van der Waals surface area contributed by atoms with E-state index >= 15 is 0 Å². The van der Waals surface area contributed by atoms with Crippen molar-refractivity contribution in [3.63, 3.8) is 0 Å². The smallest absolute Gasteiger partial charge is 0.383 e. The van der Waals surface area contributed by atoms with Gasteiger partial charge in [-0.1, -0.05) is 18.2 Å². The summed E-state index contributed by atoms with van der Waals surface area (Å²) in [6.45, 7) is 5.43. The van der Waals surface area contributed by atoms with Crippen LogP contribution in [0.1, 0.15) is 47.0 Å². The molecule has 1 heterocycles. The number of nitrogens with two attached hydrogens (primary N) is 1. The van der Waals surface area contributed by atoms with Crippen molar-refractivity contribution in [2.75, 3.05) is 11.1 Å². The first-order valence-corrected chi connectivity index (χ1v) is 10.7. The van der Waals surface area contributed by atoms with E-state index in [9.17, 15) is 27.9 Å². The Bertz CT molecular complexity index is 1260. The highest BCUT2D eigenvalue weighted by molar-refractivity contribution is 6.00. The molecule has 0 unspecified atom stereocenters. The highest BCUT2D eigenvalue weighted by Crippen LogP contribution is 2.31. The number of benzene rings is 2. The number of aromatic nitrogens is 1. The fourth-order valence-corrected chi connectivity index (χ4v) is 3.46. The second-order valence-corrected chi connectivity index (χ2v) is 8.33. The third kappa shape index (κ3) is 6.15. The van der Waals surface area contributed by atoms with Crippen molar-refractivity contribution >= 4 is 23.3 Å². The minimum Gasteiger partial charge on any atom is -0.383 e. The van der Waals surface area contributed by atoms with Gasteiger partial charge in [0.25, 0.3) is 11.8 Å². The number of pyridine rings is 1. The molecule has 0 radical (unpaired) electrons. The summed E-state index contributed by atoms with van der Waals surface area (Å²) in [5, 5.41) is 15.6. The highest BCUT2D eigenvalue weighted by atomic mass is 19.4. The first-order valence-electron chi connectivity index (χ1n) is 10.7. The minimum absolute atomic E-state index is 0.0820. The summed E-state index contributed by atoms with van der Waals surface area (Å²) in [5.74, 6) is -1.13. The second-order valence-electron chi connectivity index (χ2n) is 8.33. The van der Waals surface area contributed by atoms with Crippen molar-refractivity contribution in [1.29, 1.82) is 0 Å². The lowest BCUT2D eigenvalue weighted by atomic mass is 9.99. The summed E-state index contributed by atoms with van der Waals surface area (Å²) in [6.07, 6.45) is -4.86. The number of anilines is 2. The molecule has 0 aliphatic rings. The van der Waals surface area contributed by atoms with Gasteiger partial charge in [-0.3, -0.25) is 9.59 Å². The molecule has 2 aromatic carbocycles. The number of alkyl halides is 3. The number of carbonyl (C=O) groups is 2. The number of aryl methyl sites for hydroxylation is 1. The van der Waals surface area contributed by atoms with Gasteiger partial charge >= 0.3 is 6.18 Å². The standard InChI is InChI=1S/C25H25F3N4O3/c1-13(2)31-23(34)20-11-16(12-30-22(20)29)19-8-7-18(9-14(19)3)32-24(35)21(33)15-5-4-6-17(10-15)25(26,27)28/h4-13,21,33H,1-3H3,(H2,29,30)(H,31,34)(H,32,35)/t21-/m1/s1. The Hall–Kier alpha value is -3.92. The van der Waals surface area contributed by atoms with Crippen molar-refractivity contribution < 1.29 is 27.9 Å². The van der Waals surface area contributed by atoms with Crippen LogP contribution in [-0.2, 0) is 11.0 Å². The lowest BCUT2D eigenvalue weighted by Crippen LogP contribution is -2.30. The van der Waals surface area contributed by atoms with E-state index in [1.165, 1.54) is 12.3 Å². The lowest BCUT2D eigenvalue weighted by molar-refractivity contribution is -0.138. The van der Waals surface area contributed by atoms with Gasteiger partial charge in [-0.05, 0) is 67.8 Å². The normalized spacial score (nSPS) is 12.3. The number of amides is 2. The monoisotopic (exact) mass is 486 g/mol. The van der Waals surface area contributed by atoms with Crippen LogP contribution in [0.5, 0.6) is 0 Å². The fraction of sp³-hybridized carbons (Fsp3) is 0.240. The molecule has 0 bridgehead atoms. The maximum absolute atomic E-state index is 12.9. The lowest BCUT2D eigenvalue weighted by Gasteiger charge is -2.15. The van der Waals surface area contributed by atoms with Crippen LogP contribution < -0.4 is 16.4 Å². The third-order valence-electron chi connectivity index (χ3n) is 5.17. The Balaban J connectivity index is 1.80. The van der Waals surface area contributed by atoms with E-state index in [-0.39, 0.29) is 28.9 Å². The summed E-state index contributed by atoms with van der Waals surface area (Å²) in [6, 6.07) is 10.4. The molecular formula is C25H25F3N4O3. The quantitative estimate of drug-likeness (QED) is 0.410. The summed E-state index contributed by atoms with van der Waals surface area (Å²) in [5.41, 5.74) is 7.38. The van der Waals surface area contributed by atoms with Crippen molar-refractivity contribution in [1.82, 2.24) is 10.3 Å². The van der Waals surface area contributed by atoms with E-state index in [1.54, 1.807) is 31.2 Å². The molecule has 0 spiro atoms. The van der Waals surface area contributed by atoms with Crippen LogP contribution in [0.2, 0.25) is 0 Å². The van der Waals surface area contributed by atoms with Crippen LogP contribution in [-0.4, -0.2) is 27.9 Å². The van der Waals surface area contributed by atoms with Gasteiger partial charge in [0.05, 0.1) is 11.1 Å². The molecule has 10 heteroatoms. The summed E-state index contributed by atoms with van der Waals surface area (Å²) in [4.78, 5) is 29.0. The SMILES string of the molecule is Cc1cc(NC(=O)[C@H](O)c2cccc(C(F)(F)F)c2)ccc1-c1cnc(N)c(C(=O)NC(C)C)c1. The summed E-state index contributed by atoms with van der Waals surface area (Å²) >= 11 is 0. The molecule has 35 heavy (non-hydrogen) atoms. The van der Waals surface area contributed by atoms with Gasteiger partial charge < -0.3 is 21.5 Å². The van der Waals surface area contributed by atoms with Crippen LogP contribution >= 0.6 is 0 Å². The van der Waals surface area contributed by atoms with E-state index in [0.29, 0.717) is 11.3 Å². The maximum atomic E-state index is 12.9. The molecule has 2 amide bonds. The van der Waals surface area contributed by atoms with Gasteiger partial charge in [-0.15, -0.1) is 0 Å².